The number of piperidine rings is 1. The molecular formula is C18H27NO3. The number of amides is 1. The van der Waals surface area contributed by atoms with E-state index < -0.39 is 0 Å². The zero-order chi connectivity index (χ0) is 16.1. The third-order valence-electron chi connectivity index (χ3n) is 4.30. The molecular weight excluding hydrogens is 278 g/mol. The van der Waals surface area contributed by atoms with Gasteiger partial charge in [0.25, 0.3) is 0 Å². The fraction of sp³-hybridized carbons (Fsp3) is 0.611. The Morgan fingerprint density at radius 2 is 1.77 bits per heavy atom. The van der Waals surface area contributed by atoms with Crippen LogP contribution >= 0.6 is 0 Å². The van der Waals surface area contributed by atoms with Crippen molar-refractivity contribution in [3.63, 3.8) is 0 Å². The maximum atomic E-state index is 12.4. The van der Waals surface area contributed by atoms with Crippen molar-refractivity contribution in [2.24, 2.45) is 11.8 Å². The zero-order valence-corrected chi connectivity index (χ0v) is 14.1. The van der Waals surface area contributed by atoms with Gasteiger partial charge in [0.15, 0.2) is 11.5 Å². The minimum Gasteiger partial charge on any atom is -0.493 e. The first-order valence-corrected chi connectivity index (χ1v) is 8.02. The molecule has 1 aromatic rings. The second kappa shape index (κ2) is 7.52. The van der Waals surface area contributed by atoms with Crippen LogP contribution in [0.2, 0.25) is 0 Å². The maximum Gasteiger partial charge on any atom is 0.222 e. The lowest BCUT2D eigenvalue weighted by Crippen LogP contribution is -2.42. The Balaban J connectivity index is 1.93. The van der Waals surface area contributed by atoms with Gasteiger partial charge in [0.05, 0.1) is 14.2 Å². The molecule has 4 heteroatoms. The number of carbonyl (C=O) groups is 1. The molecule has 2 unspecified atom stereocenters. The van der Waals surface area contributed by atoms with Crippen molar-refractivity contribution in [2.75, 3.05) is 27.3 Å². The van der Waals surface area contributed by atoms with Gasteiger partial charge in [-0.3, -0.25) is 4.79 Å². The van der Waals surface area contributed by atoms with E-state index in [1.54, 1.807) is 14.2 Å². The molecule has 0 bridgehead atoms. The van der Waals surface area contributed by atoms with Gasteiger partial charge < -0.3 is 14.4 Å². The number of aryl methyl sites for hydroxylation is 1. The number of hydrogen-bond donors (Lipinski definition) is 0. The molecule has 4 nitrogen and oxygen atoms in total. The summed E-state index contributed by atoms with van der Waals surface area (Å²) >= 11 is 0. The monoisotopic (exact) mass is 305 g/mol. The maximum absolute atomic E-state index is 12.4. The fourth-order valence-corrected chi connectivity index (χ4v) is 3.31. The summed E-state index contributed by atoms with van der Waals surface area (Å²) in [6.07, 6.45) is 2.51. The lowest BCUT2D eigenvalue weighted by molar-refractivity contribution is -0.133. The average molecular weight is 305 g/mol. The summed E-state index contributed by atoms with van der Waals surface area (Å²) in [5.74, 6) is 2.90. The van der Waals surface area contributed by atoms with Gasteiger partial charge in [0.2, 0.25) is 5.91 Å². The smallest absolute Gasteiger partial charge is 0.222 e. The highest BCUT2D eigenvalue weighted by molar-refractivity contribution is 5.76. The van der Waals surface area contributed by atoms with Crippen LogP contribution in [0.15, 0.2) is 18.2 Å². The molecule has 0 spiro atoms. The standard InChI is InChI=1S/C18H27NO3/c1-13-9-14(2)12-19(11-13)18(20)8-6-15-5-7-16(21-3)17(10-15)22-4/h5,7,10,13-14H,6,8-9,11-12H2,1-4H3. The Kier molecular flexibility index (Phi) is 5.69. The van der Waals surface area contributed by atoms with E-state index in [1.807, 2.05) is 23.1 Å². The third kappa shape index (κ3) is 4.15. The van der Waals surface area contributed by atoms with Gasteiger partial charge in [0, 0.05) is 19.5 Å². The lowest BCUT2D eigenvalue weighted by Gasteiger charge is -2.35. The van der Waals surface area contributed by atoms with Crippen molar-refractivity contribution >= 4 is 5.91 Å². The molecule has 0 N–H and O–H groups in total. The first-order valence-electron chi connectivity index (χ1n) is 8.02. The van der Waals surface area contributed by atoms with Crippen LogP contribution in [-0.2, 0) is 11.2 Å². The van der Waals surface area contributed by atoms with E-state index in [-0.39, 0.29) is 5.91 Å². The topological polar surface area (TPSA) is 38.8 Å². The normalized spacial score (nSPS) is 21.5. The Hall–Kier alpha value is -1.71. The zero-order valence-electron chi connectivity index (χ0n) is 14.1. The Morgan fingerprint density at radius 1 is 1.14 bits per heavy atom. The Morgan fingerprint density at radius 3 is 2.36 bits per heavy atom. The number of carbonyl (C=O) groups excluding carboxylic acids is 1. The fourth-order valence-electron chi connectivity index (χ4n) is 3.31. The first kappa shape index (κ1) is 16.7. The van der Waals surface area contributed by atoms with Crippen molar-refractivity contribution in [1.29, 1.82) is 0 Å². The molecule has 1 amide bonds. The minimum atomic E-state index is 0.258. The molecule has 2 rings (SSSR count). The molecule has 0 radical (unpaired) electrons. The van der Waals surface area contributed by atoms with E-state index >= 15 is 0 Å². The van der Waals surface area contributed by atoms with Crippen molar-refractivity contribution in [1.82, 2.24) is 4.90 Å². The van der Waals surface area contributed by atoms with Crippen LogP contribution in [0.5, 0.6) is 11.5 Å². The molecule has 0 aliphatic carbocycles. The number of hydrogen-bond acceptors (Lipinski definition) is 3. The van der Waals surface area contributed by atoms with Crippen molar-refractivity contribution in [3.8, 4) is 11.5 Å². The summed E-state index contributed by atoms with van der Waals surface area (Å²) in [4.78, 5) is 14.4. The number of ether oxygens (including phenoxy) is 2. The molecule has 1 aliphatic heterocycles. The second-order valence-corrected chi connectivity index (χ2v) is 6.43. The van der Waals surface area contributed by atoms with Gasteiger partial charge in [-0.2, -0.15) is 0 Å². The van der Waals surface area contributed by atoms with Crippen LogP contribution in [-0.4, -0.2) is 38.1 Å². The lowest BCUT2D eigenvalue weighted by atomic mass is 9.91. The predicted molar refractivity (Wildman–Crippen MR) is 87.4 cm³/mol. The van der Waals surface area contributed by atoms with Crippen LogP contribution in [0, 0.1) is 11.8 Å². The SMILES string of the molecule is COc1ccc(CCC(=O)N2CC(C)CC(C)C2)cc1OC. The molecule has 1 fully saturated rings. The van der Waals surface area contributed by atoms with Crippen LogP contribution in [0.1, 0.15) is 32.3 Å². The summed E-state index contributed by atoms with van der Waals surface area (Å²) in [5, 5.41) is 0. The molecule has 22 heavy (non-hydrogen) atoms. The molecule has 1 heterocycles. The summed E-state index contributed by atoms with van der Waals surface area (Å²) in [6, 6.07) is 5.84. The number of nitrogens with zero attached hydrogens (tertiary/aromatic N) is 1. The van der Waals surface area contributed by atoms with Crippen LogP contribution in [0.25, 0.3) is 0 Å². The van der Waals surface area contributed by atoms with E-state index in [9.17, 15) is 4.79 Å². The van der Waals surface area contributed by atoms with Crippen molar-refractivity contribution in [2.45, 2.75) is 33.1 Å². The molecule has 1 aromatic carbocycles. The van der Waals surface area contributed by atoms with Crippen LogP contribution in [0.3, 0.4) is 0 Å². The number of methoxy groups -OCH3 is 2. The second-order valence-electron chi connectivity index (χ2n) is 6.43. The quantitative estimate of drug-likeness (QED) is 0.839. The molecule has 122 valence electrons. The molecule has 2 atom stereocenters. The first-order chi connectivity index (χ1) is 10.5. The van der Waals surface area contributed by atoms with Gasteiger partial charge in [-0.25, -0.2) is 0 Å². The summed E-state index contributed by atoms with van der Waals surface area (Å²) in [5.41, 5.74) is 1.10. The van der Waals surface area contributed by atoms with E-state index in [2.05, 4.69) is 13.8 Å². The molecule has 1 aliphatic rings. The number of rotatable bonds is 5. The van der Waals surface area contributed by atoms with Crippen molar-refractivity contribution < 1.29 is 14.3 Å². The third-order valence-corrected chi connectivity index (χ3v) is 4.30. The average Bonchev–Trinajstić information content (AvgIpc) is 2.51. The molecule has 0 saturated carbocycles. The van der Waals surface area contributed by atoms with Gasteiger partial charge in [-0.1, -0.05) is 19.9 Å². The van der Waals surface area contributed by atoms with Crippen LogP contribution in [0.4, 0.5) is 0 Å². The highest BCUT2D eigenvalue weighted by atomic mass is 16.5. The predicted octanol–water partition coefficient (Wildman–Crippen LogP) is 3.14. The molecule has 1 saturated heterocycles. The summed E-state index contributed by atoms with van der Waals surface area (Å²) < 4.78 is 10.5. The summed E-state index contributed by atoms with van der Waals surface area (Å²) in [7, 11) is 3.25. The number of likely N-dealkylation sites (tertiary alicyclic amines) is 1. The highest BCUT2D eigenvalue weighted by Crippen LogP contribution is 2.28. The van der Waals surface area contributed by atoms with Gasteiger partial charge in [-0.15, -0.1) is 0 Å². The van der Waals surface area contributed by atoms with E-state index in [0.717, 1.165) is 30.8 Å². The Bertz CT molecular complexity index is 505. The van der Waals surface area contributed by atoms with E-state index in [4.69, 9.17) is 9.47 Å². The number of benzene rings is 1. The van der Waals surface area contributed by atoms with Gasteiger partial charge in [-0.05, 0) is 42.4 Å². The van der Waals surface area contributed by atoms with E-state index in [0.29, 0.717) is 24.0 Å². The summed E-state index contributed by atoms with van der Waals surface area (Å²) in [6.45, 7) is 6.25. The Labute approximate surface area is 133 Å². The minimum absolute atomic E-state index is 0.258. The van der Waals surface area contributed by atoms with Crippen molar-refractivity contribution in [3.05, 3.63) is 23.8 Å². The largest absolute Gasteiger partial charge is 0.493 e. The van der Waals surface area contributed by atoms with Gasteiger partial charge >= 0.3 is 0 Å². The highest BCUT2D eigenvalue weighted by Gasteiger charge is 2.24. The van der Waals surface area contributed by atoms with E-state index in [1.165, 1.54) is 6.42 Å². The molecule has 0 aromatic heterocycles. The van der Waals surface area contributed by atoms with Gasteiger partial charge in [0.1, 0.15) is 0 Å². The van der Waals surface area contributed by atoms with Crippen LogP contribution < -0.4 is 9.47 Å².